The molecule has 0 radical (unpaired) electrons. The Balaban J connectivity index is 1.42. The fourth-order valence-corrected chi connectivity index (χ4v) is 4.28. The number of nitrogens with zero attached hydrogens (tertiary/aromatic N) is 3. The molecule has 2 atom stereocenters. The zero-order chi connectivity index (χ0) is 17.3. The summed E-state index contributed by atoms with van der Waals surface area (Å²) in [7, 11) is 0. The second kappa shape index (κ2) is 6.72. The van der Waals surface area contributed by atoms with Gasteiger partial charge in [-0.2, -0.15) is 11.3 Å². The molecule has 2 aliphatic rings. The summed E-state index contributed by atoms with van der Waals surface area (Å²) >= 11 is 1.62. The van der Waals surface area contributed by atoms with Crippen molar-refractivity contribution in [1.82, 2.24) is 14.9 Å². The highest BCUT2D eigenvalue weighted by Crippen LogP contribution is 2.41. The summed E-state index contributed by atoms with van der Waals surface area (Å²) in [5, 5.41) is 4.04. The Morgan fingerprint density at radius 2 is 2.44 bits per heavy atom. The number of rotatable bonds is 5. The number of hydrogen-bond donors (Lipinski definition) is 0. The lowest BCUT2D eigenvalue weighted by Gasteiger charge is -2.26. The van der Waals surface area contributed by atoms with Gasteiger partial charge in [0.1, 0.15) is 6.61 Å². The summed E-state index contributed by atoms with van der Waals surface area (Å²) in [6.07, 6.45) is 2.16. The number of likely N-dealkylation sites (tertiary alicyclic amines) is 1. The van der Waals surface area contributed by atoms with Gasteiger partial charge in [-0.3, -0.25) is 4.79 Å². The Kier molecular flexibility index (Phi) is 4.43. The standard InChI is InChI=1S/C18H21N3O3S/c1-13-2-4-19-17(20-13)24-12-18-10-21(7-15(18)8-23-11-18)16(22)6-14-3-5-25-9-14/h2-5,9,15H,6-8,10-12H2,1H3/t15-,18+/m0/s1. The van der Waals surface area contributed by atoms with Gasteiger partial charge in [-0.25, -0.2) is 9.97 Å². The van der Waals surface area contributed by atoms with Gasteiger partial charge in [-0.05, 0) is 35.4 Å². The van der Waals surface area contributed by atoms with E-state index in [0.29, 0.717) is 44.7 Å². The van der Waals surface area contributed by atoms with Crippen molar-refractivity contribution in [2.75, 3.05) is 32.9 Å². The van der Waals surface area contributed by atoms with Gasteiger partial charge in [-0.1, -0.05) is 0 Å². The van der Waals surface area contributed by atoms with E-state index in [0.717, 1.165) is 17.8 Å². The van der Waals surface area contributed by atoms with Crippen LogP contribution in [-0.2, 0) is 16.0 Å². The minimum atomic E-state index is -0.155. The molecule has 0 aromatic carbocycles. The topological polar surface area (TPSA) is 64.6 Å². The number of thiophene rings is 1. The third-order valence-electron chi connectivity index (χ3n) is 5.07. The zero-order valence-corrected chi connectivity index (χ0v) is 15.0. The molecule has 2 aromatic rings. The third-order valence-corrected chi connectivity index (χ3v) is 5.80. The summed E-state index contributed by atoms with van der Waals surface area (Å²) in [6, 6.07) is 4.24. The van der Waals surface area contributed by atoms with Crippen molar-refractivity contribution < 1.29 is 14.3 Å². The van der Waals surface area contributed by atoms with E-state index in [1.807, 2.05) is 34.7 Å². The lowest BCUT2D eigenvalue weighted by Crippen LogP contribution is -2.38. The summed E-state index contributed by atoms with van der Waals surface area (Å²) in [5.74, 6) is 0.489. The highest BCUT2D eigenvalue weighted by atomic mass is 32.1. The Bertz CT molecular complexity index is 752. The minimum Gasteiger partial charge on any atom is -0.463 e. The van der Waals surface area contributed by atoms with Crippen LogP contribution in [-0.4, -0.2) is 53.7 Å². The summed E-state index contributed by atoms with van der Waals surface area (Å²) < 4.78 is 11.6. The van der Waals surface area contributed by atoms with Gasteiger partial charge < -0.3 is 14.4 Å². The SMILES string of the molecule is Cc1ccnc(OC[C@@]23COC[C@@H]2CN(C(=O)Cc2ccsc2)C3)n1. The van der Waals surface area contributed by atoms with Crippen LogP contribution in [0.4, 0.5) is 0 Å². The van der Waals surface area contributed by atoms with Crippen molar-refractivity contribution >= 4 is 17.2 Å². The lowest BCUT2D eigenvalue weighted by atomic mass is 9.82. The Morgan fingerprint density at radius 3 is 3.24 bits per heavy atom. The first-order valence-electron chi connectivity index (χ1n) is 8.44. The molecular weight excluding hydrogens is 338 g/mol. The van der Waals surface area contributed by atoms with Crippen LogP contribution < -0.4 is 4.74 Å². The van der Waals surface area contributed by atoms with Gasteiger partial charge in [0.25, 0.3) is 0 Å². The molecule has 2 aromatic heterocycles. The maximum absolute atomic E-state index is 12.6. The second-order valence-electron chi connectivity index (χ2n) is 6.93. The highest BCUT2D eigenvalue weighted by Gasteiger charge is 2.52. The van der Waals surface area contributed by atoms with Crippen LogP contribution in [0, 0.1) is 18.3 Å². The zero-order valence-electron chi connectivity index (χ0n) is 14.2. The molecule has 1 amide bonds. The molecule has 0 N–H and O–H groups in total. The molecule has 2 fully saturated rings. The van der Waals surface area contributed by atoms with Crippen molar-refractivity contribution in [1.29, 1.82) is 0 Å². The molecule has 4 rings (SSSR count). The van der Waals surface area contributed by atoms with Crippen molar-refractivity contribution in [2.45, 2.75) is 13.3 Å². The summed E-state index contributed by atoms with van der Waals surface area (Å²) in [6.45, 7) is 5.09. The molecule has 2 saturated heterocycles. The fraction of sp³-hybridized carbons (Fsp3) is 0.500. The Labute approximate surface area is 150 Å². The lowest BCUT2D eigenvalue weighted by molar-refractivity contribution is -0.130. The fourth-order valence-electron chi connectivity index (χ4n) is 3.61. The molecule has 6 nitrogen and oxygen atoms in total. The molecule has 4 heterocycles. The van der Waals surface area contributed by atoms with E-state index in [4.69, 9.17) is 9.47 Å². The van der Waals surface area contributed by atoms with Gasteiger partial charge >= 0.3 is 6.01 Å². The van der Waals surface area contributed by atoms with Gasteiger partial charge in [-0.15, -0.1) is 0 Å². The van der Waals surface area contributed by atoms with E-state index >= 15 is 0 Å². The van der Waals surface area contributed by atoms with Crippen LogP contribution >= 0.6 is 11.3 Å². The predicted molar refractivity (Wildman–Crippen MR) is 93.6 cm³/mol. The molecule has 7 heteroatoms. The van der Waals surface area contributed by atoms with E-state index in [9.17, 15) is 4.79 Å². The first kappa shape index (κ1) is 16.5. The molecule has 2 aliphatic heterocycles. The summed E-state index contributed by atoms with van der Waals surface area (Å²) in [4.78, 5) is 23.1. The predicted octanol–water partition coefficient (Wildman–Crippen LogP) is 1.94. The number of hydrogen-bond acceptors (Lipinski definition) is 6. The average Bonchev–Trinajstić information content (AvgIpc) is 3.28. The normalized spacial score (nSPS) is 25.2. The molecular formula is C18H21N3O3S. The van der Waals surface area contributed by atoms with Crippen molar-refractivity contribution in [3.8, 4) is 6.01 Å². The van der Waals surface area contributed by atoms with E-state index in [-0.39, 0.29) is 11.3 Å². The average molecular weight is 359 g/mol. The number of aryl methyl sites for hydroxylation is 1. The number of fused-ring (bicyclic) bond motifs is 1. The Morgan fingerprint density at radius 1 is 1.52 bits per heavy atom. The molecule has 132 valence electrons. The van der Waals surface area contributed by atoms with Crippen LogP contribution in [0.25, 0.3) is 0 Å². The number of ether oxygens (including phenoxy) is 2. The van der Waals surface area contributed by atoms with Gasteiger partial charge in [0.05, 0.1) is 25.0 Å². The number of aromatic nitrogens is 2. The minimum absolute atomic E-state index is 0.155. The highest BCUT2D eigenvalue weighted by molar-refractivity contribution is 7.08. The van der Waals surface area contributed by atoms with Gasteiger partial charge in [0.15, 0.2) is 0 Å². The smallest absolute Gasteiger partial charge is 0.316 e. The van der Waals surface area contributed by atoms with Crippen LogP contribution in [0.3, 0.4) is 0 Å². The van der Waals surface area contributed by atoms with Crippen molar-refractivity contribution in [2.24, 2.45) is 11.3 Å². The monoisotopic (exact) mass is 359 g/mol. The summed E-state index contributed by atoms with van der Waals surface area (Å²) in [5.41, 5.74) is 1.81. The van der Waals surface area contributed by atoms with E-state index in [2.05, 4.69) is 9.97 Å². The van der Waals surface area contributed by atoms with E-state index < -0.39 is 0 Å². The van der Waals surface area contributed by atoms with Crippen molar-refractivity contribution in [3.63, 3.8) is 0 Å². The Hall–Kier alpha value is -1.99. The number of amides is 1. The van der Waals surface area contributed by atoms with Crippen LogP contribution in [0.2, 0.25) is 0 Å². The first-order chi connectivity index (χ1) is 12.1. The maximum atomic E-state index is 12.6. The van der Waals surface area contributed by atoms with Crippen molar-refractivity contribution in [3.05, 3.63) is 40.3 Å². The molecule has 25 heavy (non-hydrogen) atoms. The molecule has 0 unspecified atom stereocenters. The maximum Gasteiger partial charge on any atom is 0.316 e. The van der Waals surface area contributed by atoms with Gasteiger partial charge in [0, 0.05) is 30.9 Å². The molecule has 0 bridgehead atoms. The van der Waals surface area contributed by atoms with Gasteiger partial charge in [0.2, 0.25) is 5.91 Å². The third kappa shape index (κ3) is 3.39. The second-order valence-corrected chi connectivity index (χ2v) is 7.71. The van der Waals surface area contributed by atoms with Crippen LogP contribution in [0.5, 0.6) is 6.01 Å². The first-order valence-corrected chi connectivity index (χ1v) is 9.38. The molecule has 0 aliphatic carbocycles. The van der Waals surface area contributed by atoms with Crippen LogP contribution in [0.1, 0.15) is 11.3 Å². The quantitative estimate of drug-likeness (QED) is 0.816. The van der Waals surface area contributed by atoms with E-state index in [1.165, 1.54) is 0 Å². The number of carbonyl (C=O) groups excluding carboxylic acids is 1. The van der Waals surface area contributed by atoms with E-state index in [1.54, 1.807) is 17.5 Å². The number of carbonyl (C=O) groups is 1. The van der Waals surface area contributed by atoms with Crippen LogP contribution in [0.15, 0.2) is 29.1 Å². The molecule has 0 spiro atoms. The molecule has 0 saturated carbocycles. The largest absolute Gasteiger partial charge is 0.463 e.